The minimum Gasteiger partial charge on any atom is -0.351 e. The average molecular weight is 264 g/mol. The van der Waals surface area contributed by atoms with Gasteiger partial charge in [0.25, 0.3) is 0 Å². The second-order valence-corrected chi connectivity index (χ2v) is 5.90. The van der Waals surface area contributed by atoms with Crippen molar-refractivity contribution in [3.63, 3.8) is 0 Å². The van der Waals surface area contributed by atoms with Crippen LogP contribution in [0, 0.1) is 0 Å². The Morgan fingerprint density at radius 1 is 1.28 bits per heavy atom. The zero-order valence-corrected chi connectivity index (χ0v) is 11.3. The Balaban J connectivity index is 1.80. The predicted molar refractivity (Wildman–Crippen MR) is 76.3 cm³/mol. The van der Waals surface area contributed by atoms with E-state index in [9.17, 15) is 4.79 Å². The number of amides is 1. The van der Waals surface area contributed by atoms with E-state index in [0.717, 1.165) is 23.3 Å². The van der Waals surface area contributed by atoms with Gasteiger partial charge in [-0.2, -0.15) is 0 Å². The van der Waals surface area contributed by atoms with E-state index in [0.29, 0.717) is 13.1 Å². The maximum Gasteiger partial charge on any atom is 0.233 e. The number of hydrogen-bond acceptors (Lipinski definition) is 3. The normalized spacial score (nSPS) is 19.5. The molecule has 1 amide bonds. The van der Waals surface area contributed by atoms with Gasteiger partial charge in [0.15, 0.2) is 0 Å². The number of carbonyl (C=O) groups is 1. The molecule has 1 aliphatic heterocycles. The third-order valence-corrected chi connectivity index (χ3v) is 4.57. The molecule has 1 saturated heterocycles. The number of hydrogen-bond donors (Lipinski definition) is 2. The van der Waals surface area contributed by atoms with Crippen molar-refractivity contribution in [2.75, 3.05) is 5.75 Å². The smallest absolute Gasteiger partial charge is 0.233 e. The highest BCUT2D eigenvalue weighted by molar-refractivity contribution is 8.00. The summed E-state index contributed by atoms with van der Waals surface area (Å²) in [7, 11) is 0. The summed E-state index contributed by atoms with van der Waals surface area (Å²) < 4.78 is 0. The minimum absolute atomic E-state index is 0.155. The Morgan fingerprint density at radius 3 is 2.61 bits per heavy atom. The fraction of sp³-hybridized carbons (Fsp3) is 0.500. The van der Waals surface area contributed by atoms with Gasteiger partial charge in [-0.1, -0.05) is 30.7 Å². The van der Waals surface area contributed by atoms with Gasteiger partial charge in [-0.15, -0.1) is 11.8 Å². The van der Waals surface area contributed by atoms with Gasteiger partial charge in [0.1, 0.15) is 0 Å². The van der Waals surface area contributed by atoms with Crippen LogP contribution in [0.2, 0.25) is 0 Å². The van der Waals surface area contributed by atoms with E-state index in [1.165, 1.54) is 12.8 Å². The Bertz CT molecular complexity index is 385. The fourth-order valence-electron chi connectivity index (χ4n) is 2.04. The van der Waals surface area contributed by atoms with Gasteiger partial charge in [-0.25, -0.2) is 0 Å². The van der Waals surface area contributed by atoms with Crippen LogP contribution in [-0.2, 0) is 17.9 Å². The summed E-state index contributed by atoms with van der Waals surface area (Å²) in [5.41, 5.74) is 7.79. The summed E-state index contributed by atoms with van der Waals surface area (Å²) in [5, 5.41) is 3.17. The second-order valence-electron chi connectivity index (χ2n) is 4.59. The van der Waals surface area contributed by atoms with Crippen molar-refractivity contribution in [3.05, 3.63) is 35.4 Å². The Labute approximate surface area is 113 Å². The van der Waals surface area contributed by atoms with Crippen LogP contribution in [0.1, 0.15) is 30.4 Å². The molecule has 1 aromatic carbocycles. The fourth-order valence-corrected chi connectivity index (χ4v) is 3.27. The first-order valence-corrected chi connectivity index (χ1v) is 7.51. The molecule has 0 saturated carbocycles. The molecule has 98 valence electrons. The standard InChI is InChI=1S/C14H20N2OS/c15-9-11-4-6-12(7-5-11)10-16-14(17)13-3-1-2-8-18-13/h4-7,13H,1-3,8-10,15H2,(H,16,17). The molecule has 1 heterocycles. The molecule has 0 bridgehead atoms. The second kappa shape index (κ2) is 6.81. The molecule has 0 aliphatic carbocycles. The highest BCUT2D eigenvalue weighted by Crippen LogP contribution is 2.25. The first-order valence-electron chi connectivity index (χ1n) is 6.47. The number of rotatable bonds is 4. The predicted octanol–water partition coefficient (Wildman–Crippen LogP) is 2.05. The molecular formula is C14H20N2OS. The van der Waals surface area contributed by atoms with E-state index in [-0.39, 0.29) is 11.2 Å². The van der Waals surface area contributed by atoms with Gasteiger partial charge in [0, 0.05) is 13.1 Å². The van der Waals surface area contributed by atoms with Crippen molar-refractivity contribution in [1.29, 1.82) is 0 Å². The lowest BCUT2D eigenvalue weighted by Gasteiger charge is -2.20. The molecule has 3 nitrogen and oxygen atoms in total. The van der Waals surface area contributed by atoms with Crippen molar-refractivity contribution in [1.82, 2.24) is 5.32 Å². The van der Waals surface area contributed by atoms with Crippen LogP contribution in [0.4, 0.5) is 0 Å². The molecule has 0 radical (unpaired) electrons. The van der Waals surface area contributed by atoms with Crippen molar-refractivity contribution in [3.8, 4) is 0 Å². The molecule has 1 aliphatic rings. The highest BCUT2D eigenvalue weighted by Gasteiger charge is 2.21. The van der Waals surface area contributed by atoms with Crippen molar-refractivity contribution >= 4 is 17.7 Å². The van der Waals surface area contributed by atoms with Crippen LogP contribution in [0.15, 0.2) is 24.3 Å². The minimum atomic E-state index is 0.155. The van der Waals surface area contributed by atoms with Crippen LogP contribution >= 0.6 is 11.8 Å². The first-order chi connectivity index (χ1) is 8.79. The third-order valence-electron chi connectivity index (χ3n) is 3.20. The average Bonchev–Trinajstić information content (AvgIpc) is 2.46. The number of benzene rings is 1. The zero-order chi connectivity index (χ0) is 12.8. The maximum absolute atomic E-state index is 11.9. The number of nitrogens with two attached hydrogens (primary N) is 1. The molecule has 18 heavy (non-hydrogen) atoms. The molecule has 0 spiro atoms. The molecule has 1 aromatic rings. The van der Waals surface area contributed by atoms with E-state index in [4.69, 9.17) is 5.73 Å². The largest absolute Gasteiger partial charge is 0.351 e. The number of carbonyl (C=O) groups excluding carboxylic acids is 1. The molecule has 2 rings (SSSR count). The lowest BCUT2D eigenvalue weighted by atomic mass is 10.1. The summed E-state index contributed by atoms with van der Waals surface area (Å²) in [6, 6.07) is 8.07. The van der Waals surface area contributed by atoms with Crippen molar-refractivity contribution in [2.24, 2.45) is 5.73 Å². The first kappa shape index (κ1) is 13.4. The number of nitrogens with one attached hydrogen (secondary N) is 1. The molecular weight excluding hydrogens is 244 g/mol. The van der Waals surface area contributed by atoms with Gasteiger partial charge in [0.05, 0.1) is 5.25 Å². The van der Waals surface area contributed by atoms with E-state index >= 15 is 0 Å². The van der Waals surface area contributed by atoms with Gasteiger partial charge < -0.3 is 11.1 Å². The summed E-state index contributed by atoms with van der Waals surface area (Å²) in [6.45, 7) is 1.17. The van der Waals surface area contributed by atoms with Gasteiger partial charge in [-0.05, 0) is 29.7 Å². The Kier molecular flexibility index (Phi) is 5.08. The van der Waals surface area contributed by atoms with Crippen LogP contribution in [0.3, 0.4) is 0 Å². The Morgan fingerprint density at radius 2 is 2.00 bits per heavy atom. The van der Waals surface area contributed by atoms with E-state index < -0.39 is 0 Å². The maximum atomic E-state index is 11.9. The van der Waals surface area contributed by atoms with Crippen LogP contribution < -0.4 is 11.1 Å². The summed E-state index contributed by atoms with van der Waals surface area (Å²) >= 11 is 1.78. The quantitative estimate of drug-likeness (QED) is 0.875. The summed E-state index contributed by atoms with van der Waals surface area (Å²) in [6.07, 6.45) is 3.44. The van der Waals surface area contributed by atoms with Gasteiger partial charge >= 0.3 is 0 Å². The van der Waals surface area contributed by atoms with Crippen molar-refractivity contribution < 1.29 is 4.79 Å². The molecule has 0 aromatic heterocycles. The Hall–Kier alpha value is -1.00. The SMILES string of the molecule is NCc1ccc(CNC(=O)C2CCCCS2)cc1. The molecule has 1 fully saturated rings. The van der Waals surface area contributed by atoms with Gasteiger partial charge in [0.2, 0.25) is 5.91 Å². The van der Waals surface area contributed by atoms with E-state index in [1.54, 1.807) is 11.8 Å². The number of thioether (sulfide) groups is 1. The molecule has 4 heteroatoms. The van der Waals surface area contributed by atoms with Gasteiger partial charge in [-0.3, -0.25) is 4.79 Å². The molecule has 1 atom stereocenters. The van der Waals surface area contributed by atoms with E-state index in [1.807, 2.05) is 24.3 Å². The zero-order valence-electron chi connectivity index (χ0n) is 10.5. The van der Waals surface area contributed by atoms with Crippen LogP contribution in [0.5, 0.6) is 0 Å². The van der Waals surface area contributed by atoms with Crippen molar-refractivity contribution in [2.45, 2.75) is 37.6 Å². The van der Waals surface area contributed by atoms with E-state index in [2.05, 4.69) is 5.32 Å². The summed E-state index contributed by atoms with van der Waals surface area (Å²) in [5.74, 6) is 1.30. The molecule has 3 N–H and O–H groups in total. The summed E-state index contributed by atoms with van der Waals surface area (Å²) in [4.78, 5) is 11.9. The lowest BCUT2D eigenvalue weighted by molar-refractivity contribution is -0.120. The highest BCUT2D eigenvalue weighted by atomic mass is 32.2. The topological polar surface area (TPSA) is 55.1 Å². The third kappa shape index (κ3) is 3.75. The monoisotopic (exact) mass is 264 g/mol. The lowest BCUT2D eigenvalue weighted by Crippen LogP contribution is -2.33. The molecule has 1 unspecified atom stereocenters. The van der Waals surface area contributed by atoms with Crippen LogP contribution in [0.25, 0.3) is 0 Å². The van der Waals surface area contributed by atoms with Crippen LogP contribution in [-0.4, -0.2) is 16.9 Å².